The van der Waals surface area contributed by atoms with E-state index >= 15 is 0 Å². The predicted octanol–water partition coefficient (Wildman–Crippen LogP) is 5.93. The van der Waals surface area contributed by atoms with E-state index in [4.69, 9.17) is 0 Å². The minimum absolute atomic E-state index is 0.406. The van der Waals surface area contributed by atoms with Gasteiger partial charge in [0.05, 0.1) is 8.07 Å². The molecule has 0 N–H and O–H groups in total. The first-order valence-electron chi connectivity index (χ1n) is 8.75. The second-order valence-electron chi connectivity index (χ2n) is 7.79. The molecule has 0 fully saturated rings. The number of anilines is 2. The number of fused-ring (bicyclic) bond motifs is 1. The highest BCUT2D eigenvalue weighted by molar-refractivity contribution is 6.88. The SMILES string of the molecule is CC(C)N(c1ccc([Si](C)(C)C)cc1)c1ccc2ccccc2c1. The van der Waals surface area contributed by atoms with Crippen molar-refractivity contribution in [2.75, 3.05) is 4.90 Å². The zero-order chi connectivity index (χ0) is 17.3. The first-order chi connectivity index (χ1) is 11.4. The molecule has 0 radical (unpaired) electrons. The fraction of sp³-hybridized carbons (Fsp3) is 0.273. The van der Waals surface area contributed by atoms with Crippen molar-refractivity contribution in [1.82, 2.24) is 0 Å². The van der Waals surface area contributed by atoms with Gasteiger partial charge >= 0.3 is 0 Å². The van der Waals surface area contributed by atoms with Crippen LogP contribution in [-0.2, 0) is 0 Å². The van der Waals surface area contributed by atoms with E-state index in [9.17, 15) is 0 Å². The Labute approximate surface area is 147 Å². The molecule has 0 aliphatic heterocycles. The maximum absolute atomic E-state index is 2.42. The Bertz CT molecular complexity index is 828. The Morgan fingerprint density at radius 3 is 1.88 bits per heavy atom. The van der Waals surface area contributed by atoms with Gasteiger partial charge in [0.15, 0.2) is 0 Å². The molecular weight excluding hydrogens is 306 g/mol. The average molecular weight is 334 g/mol. The van der Waals surface area contributed by atoms with E-state index in [0.717, 1.165) is 0 Å². The summed E-state index contributed by atoms with van der Waals surface area (Å²) in [4.78, 5) is 2.42. The van der Waals surface area contributed by atoms with Gasteiger partial charge in [-0.2, -0.15) is 0 Å². The minimum atomic E-state index is -1.25. The maximum atomic E-state index is 2.42. The Kier molecular flexibility index (Phi) is 4.51. The van der Waals surface area contributed by atoms with Crippen molar-refractivity contribution >= 4 is 35.4 Å². The Morgan fingerprint density at radius 2 is 1.29 bits per heavy atom. The monoisotopic (exact) mass is 333 g/mol. The number of rotatable bonds is 4. The molecule has 0 saturated carbocycles. The zero-order valence-electron chi connectivity index (χ0n) is 15.4. The average Bonchev–Trinajstić information content (AvgIpc) is 2.54. The molecule has 0 amide bonds. The van der Waals surface area contributed by atoms with Crippen molar-refractivity contribution in [2.24, 2.45) is 0 Å². The van der Waals surface area contributed by atoms with Crippen LogP contribution in [-0.4, -0.2) is 14.1 Å². The highest BCUT2D eigenvalue weighted by Gasteiger charge is 2.18. The van der Waals surface area contributed by atoms with Crippen molar-refractivity contribution < 1.29 is 0 Å². The molecule has 24 heavy (non-hydrogen) atoms. The third kappa shape index (κ3) is 3.39. The van der Waals surface area contributed by atoms with Crippen LogP contribution in [0.4, 0.5) is 11.4 Å². The molecule has 0 atom stereocenters. The molecule has 3 aromatic rings. The fourth-order valence-corrected chi connectivity index (χ4v) is 4.36. The van der Waals surface area contributed by atoms with Gasteiger partial charge in [-0.25, -0.2) is 0 Å². The summed E-state index contributed by atoms with van der Waals surface area (Å²) in [5, 5.41) is 4.09. The third-order valence-electron chi connectivity index (χ3n) is 4.54. The summed E-state index contributed by atoms with van der Waals surface area (Å²) in [6.45, 7) is 11.7. The molecule has 0 bridgehead atoms. The lowest BCUT2D eigenvalue weighted by Crippen LogP contribution is -2.37. The van der Waals surface area contributed by atoms with Gasteiger partial charge in [0.2, 0.25) is 0 Å². The predicted molar refractivity (Wildman–Crippen MR) is 111 cm³/mol. The number of benzene rings is 3. The molecule has 124 valence electrons. The summed E-state index contributed by atoms with van der Waals surface area (Å²) < 4.78 is 0. The molecule has 2 heteroatoms. The highest BCUT2D eigenvalue weighted by Crippen LogP contribution is 2.30. The molecule has 0 spiro atoms. The summed E-state index contributed by atoms with van der Waals surface area (Å²) in [5.41, 5.74) is 2.52. The van der Waals surface area contributed by atoms with Gasteiger partial charge in [-0.15, -0.1) is 0 Å². The molecule has 0 unspecified atom stereocenters. The van der Waals surface area contributed by atoms with Crippen molar-refractivity contribution in [3.8, 4) is 0 Å². The van der Waals surface area contributed by atoms with Crippen molar-refractivity contribution in [1.29, 1.82) is 0 Å². The Hall–Kier alpha value is -2.06. The van der Waals surface area contributed by atoms with Gasteiger partial charge < -0.3 is 4.90 Å². The normalized spacial score (nSPS) is 11.9. The summed E-state index contributed by atoms with van der Waals surface area (Å²) in [6, 6.07) is 24.9. The fourth-order valence-electron chi connectivity index (χ4n) is 3.19. The molecule has 0 heterocycles. The van der Waals surface area contributed by atoms with Crippen LogP contribution < -0.4 is 10.1 Å². The summed E-state index contributed by atoms with van der Waals surface area (Å²) in [5.74, 6) is 0. The van der Waals surface area contributed by atoms with Gasteiger partial charge in [-0.3, -0.25) is 0 Å². The Balaban J connectivity index is 2.02. The van der Waals surface area contributed by atoms with E-state index < -0.39 is 8.07 Å². The first-order valence-corrected chi connectivity index (χ1v) is 12.2. The zero-order valence-corrected chi connectivity index (χ0v) is 16.4. The Morgan fingerprint density at radius 1 is 0.708 bits per heavy atom. The second kappa shape index (κ2) is 6.44. The minimum Gasteiger partial charge on any atom is -0.339 e. The van der Waals surface area contributed by atoms with Gasteiger partial charge in [0.1, 0.15) is 0 Å². The summed E-state index contributed by atoms with van der Waals surface area (Å²) in [6.07, 6.45) is 0. The summed E-state index contributed by atoms with van der Waals surface area (Å²) >= 11 is 0. The lowest BCUT2D eigenvalue weighted by molar-refractivity contribution is 0.789. The smallest absolute Gasteiger partial charge is 0.0775 e. The van der Waals surface area contributed by atoms with Crippen LogP contribution in [0.15, 0.2) is 66.7 Å². The largest absolute Gasteiger partial charge is 0.339 e. The van der Waals surface area contributed by atoms with E-state index in [0.29, 0.717) is 6.04 Å². The van der Waals surface area contributed by atoms with E-state index in [2.05, 4.69) is 105 Å². The lowest BCUT2D eigenvalue weighted by atomic mass is 10.1. The molecule has 0 saturated heterocycles. The molecule has 3 aromatic carbocycles. The van der Waals surface area contributed by atoms with Crippen LogP contribution in [0.2, 0.25) is 19.6 Å². The van der Waals surface area contributed by atoms with Crippen LogP contribution in [0.1, 0.15) is 13.8 Å². The van der Waals surface area contributed by atoms with Crippen molar-refractivity contribution in [3.63, 3.8) is 0 Å². The van der Waals surface area contributed by atoms with E-state index in [1.54, 1.807) is 0 Å². The number of nitrogens with zero attached hydrogens (tertiary/aromatic N) is 1. The third-order valence-corrected chi connectivity index (χ3v) is 6.60. The second-order valence-corrected chi connectivity index (χ2v) is 12.9. The van der Waals surface area contributed by atoms with Gasteiger partial charge in [-0.1, -0.05) is 67.3 Å². The number of hydrogen-bond donors (Lipinski definition) is 0. The van der Waals surface area contributed by atoms with Crippen LogP contribution in [0.3, 0.4) is 0 Å². The van der Waals surface area contributed by atoms with Gasteiger partial charge in [-0.05, 0) is 48.9 Å². The molecule has 0 aliphatic carbocycles. The lowest BCUT2D eigenvalue weighted by Gasteiger charge is -2.30. The molecular formula is C22H27NSi. The van der Waals surface area contributed by atoms with Gasteiger partial charge in [0.25, 0.3) is 0 Å². The molecule has 0 aliphatic rings. The molecule has 3 rings (SSSR count). The standard InChI is InChI=1S/C22H27NSi/c1-17(2)23(20-12-14-22(15-13-20)24(3,4)5)21-11-10-18-8-6-7-9-19(18)16-21/h6-17H,1-5H3. The van der Waals surface area contributed by atoms with Crippen molar-refractivity contribution in [2.45, 2.75) is 39.5 Å². The van der Waals surface area contributed by atoms with Crippen LogP contribution in [0.5, 0.6) is 0 Å². The maximum Gasteiger partial charge on any atom is 0.0775 e. The van der Waals surface area contributed by atoms with Crippen LogP contribution in [0, 0.1) is 0 Å². The quantitative estimate of drug-likeness (QED) is 0.535. The van der Waals surface area contributed by atoms with Crippen molar-refractivity contribution in [3.05, 3.63) is 66.7 Å². The van der Waals surface area contributed by atoms with Crippen LogP contribution >= 0.6 is 0 Å². The molecule has 0 aromatic heterocycles. The van der Waals surface area contributed by atoms with E-state index in [1.807, 2.05) is 0 Å². The topological polar surface area (TPSA) is 3.24 Å². The van der Waals surface area contributed by atoms with E-state index in [-0.39, 0.29) is 0 Å². The van der Waals surface area contributed by atoms with Gasteiger partial charge in [0, 0.05) is 17.4 Å². The number of hydrogen-bond acceptors (Lipinski definition) is 1. The summed E-state index contributed by atoms with van der Waals surface area (Å²) in [7, 11) is -1.25. The van der Waals surface area contributed by atoms with E-state index in [1.165, 1.54) is 27.3 Å². The first kappa shape index (κ1) is 16.8. The highest BCUT2D eigenvalue weighted by atomic mass is 28.3. The molecule has 1 nitrogen and oxygen atoms in total. The van der Waals surface area contributed by atoms with Crippen LogP contribution in [0.25, 0.3) is 10.8 Å².